The molecule has 0 saturated heterocycles. The van der Waals surface area contributed by atoms with Crippen LogP contribution in [-0.4, -0.2) is 29.2 Å². The van der Waals surface area contributed by atoms with Gasteiger partial charge in [0.1, 0.15) is 0 Å². The molecule has 0 amide bonds. The van der Waals surface area contributed by atoms with Gasteiger partial charge in [-0.1, -0.05) is 45.0 Å². The van der Waals surface area contributed by atoms with Gasteiger partial charge in [0.15, 0.2) is 0 Å². The van der Waals surface area contributed by atoms with Gasteiger partial charge in [-0.2, -0.15) is 0 Å². The van der Waals surface area contributed by atoms with Crippen LogP contribution in [0.25, 0.3) is 0 Å². The van der Waals surface area contributed by atoms with Crippen molar-refractivity contribution in [2.45, 2.75) is 52.7 Å². The summed E-state index contributed by atoms with van der Waals surface area (Å²) in [7, 11) is 0. The second-order valence-electron chi connectivity index (χ2n) is 6.82. The van der Waals surface area contributed by atoms with Crippen LogP contribution in [0, 0.1) is 5.41 Å². The van der Waals surface area contributed by atoms with Crippen LogP contribution in [0.15, 0.2) is 24.3 Å². The van der Waals surface area contributed by atoms with E-state index in [1.54, 1.807) is 0 Å². The van der Waals surface area contributed by atoms with E-state index in [4.69, 9.17) is 0 Å². The molecule has 1 unspecified atom stereocenters. The highest BCUT2D eigenvalue weighted by Crippen LogP contribution is 2.23. The van der Waals surface area contributed by atoms with Gasteiger partial charge >= 0.3 is 0 Å². The molecule has 1 aliphatic rings. The van der Waals surface area contributed by atoms with E-state index < -0.39 is 0 Å². The molecule has 2 nitrogen and oxygen atoms in total. The monoisotopic (exact) mass is 261 g/mol. The summed E-state index contributed by atoms with van der Waals surface area (Å²) in [6.45, 7) is 9.49. The van der Waals surface area contributed by atoms with Crippen LogP contribution in [0.1, 0.15) is 44.7 Å². The van der Waals surface area contributed by atoms with Crippen LogP contribution < -0.4 is 0 Å². The lowest BCUT2D eigenvalue weighted by molar-refractivity contribution is 0.0449. The molecule has 0 radical (unpaired) electrons. The summed E-state index contributed by atoms with van der Waals surface area (Å²) in [5, 5.41) is 10.2. The minimum Gasteiger partial charge on any atom is -0.393 e. The highest BCUT2D eigenvalue weighted by Gasteiger charge is 2.23. The van der Waals surface area contributed by atoms with Gasteiger partial charge in [-0.3, -0.25) is 4.90 Å². The molecule has 0 fully saturated rings. The molecule has 2 rings (SSSR count). The van der Waals surface area contributed by atoms with E-state index in [0.29, 0.717) is 0 Å². The SMILES string of the molecule is CC(C)(C)C(O)CCN1CCCc2ccccc2C1. The molecule has 19 heavy (non-hydrogen) atoms. The summed E-state index contributed by atoms with van der Waals surface area (Å²) in [5.41, 5.74) is 2.95. The lowest BCUT2D eigenvalue weighted by Crippen LogP contribution is -2.32. The molecule has 0 aliphatic carbocycles. The molecule has 0 spiro atoms. The van der Waals surface area contributed by atoms with Crippen molar-refractivity contribution in [3.8, 4) is 0 Å². The summed E-state index contributed by atoms with van der Waals surface area (Å²) in [6, 6.07) is 8.76. The van der Waals surface area contributed by atoms with Gasteiger partial charge in [0.2, 0.25) is 0 Å². The van der Waals surface area contributed by atoms with E-state index >= 15 is 0 Å². The predicted octanol–water partition coefficient (Wildman–Crippen LogP) is 3.23. The Hall–Kier alpha value is -0.860. The average molecular weight is 261 g/mol. The molecule has 0 bridgehead atoms. The van der Waals surface area contributed by atoms with Crippen molar-refractivity contribution in [1.82, 2.24) is 4.90 Å². The van der Waals surface area contributed by atoms with Crippen molar-refractivity contribution in [2.24, 2.45) is 5.41 Å². The van der Waals surface area contributed by atoms with E-state index in [2.05, 4.69) is 49.9 Å². The normalized spacial score (nSPS) is 18.7. The Labute approximate surface area is 117 Å². The summed E-state index contributed by atoms with van der Waals surface area (Å²) >= 11 is 0. The maximum Gasteiger partial charge on any atom is 0.0600 e. The van der Waals surface area contributed by atoms with E-state index in [-0.39, 0.29) is 11.5 Å². The van der Waals surface area contributed by atoms with Crippen LogP contribution in [0.5, 0.6) is 0 Å². The Morgan fingerprint density at radius 1 is 1.21 bits per heavy atom. The minimum atomic E-state index is -0.217. The highest BCUT2D eigenvalue weighted by atomic mass is 16.3. The maximum atomic E-state index is 10.2. The van der Waals surface area contributed by atoms with E-state index in [9.17, 15) is 5.11 Å². The van der Waals surface area contributed by atoms with Crippen molar-refractivity contribution in [1.29, 1.82) is 0 Å². The molecule has 1 heterocycles. The summed E-state index contributed by atoms with van der Waals surface area (Å²) in [6.07, 6.45) is 3.06. The molecule has 1 atom stereocenters. The zero-order valence-electron chi connectivity index (χ0n) is 12.5. The zero-order chi connectivity index (χ0) is 13.9. The second-order valence-corrected chi connectivity index (χ2v) is 6.82. The summed E-state index contributed by atoms with van der Waals surface area (Å²) < 4.78 is 0. The minimum absolute atomic E-state index is 0.0102. The number of hydrogen-bond donors (Lipinski definition) is 1. The lowest BCUT2D eigenvalue weighted by atomic mass is 9.87. The largest absolute Gasteiger partial charge is 0.393 e. The van der Waals surface area contributed by atoms with Crippen molar-refractivity contribution in [3.05, 3.63) is 35.4 Å². The van der Waals surface area contributed by atoms with E-state index in [1.165, 1.54) is 24.0 Å². The molecule has 1 aromatic carbocycles. The first-order valence-electron chi connectivity index (χ1n) is 7.44. The summed E-state index contributed by atoms with van der Waals surface area (Å²) in [4.78, 5) is 2.49. The Morgan fingerprint density at radius 2 is 1.89 bits per heavy atom. The van der Waals surface area contributed by atoms with Gasteiger partial charge in [0.25, 0.3) is 0 Å². The summed E-state index contributed by atoms with van der Waals surface area (Å²) in [5.74, 6) is 0. The Bertz CT molecular complexity index is 408. The number of fused-ring (bicyclic) bond motifs is 1. The zero-order valence-corrected chi connectivity index (χ0v) is 12.5. The first kappa shape index (κ1) is 14.5. The Kier molecular flexibility index (Phi) is 4.64. The third-order valence-corrected chi connectivity index (χ3v) is 4.15. The fourth-order valence-corrected chi connectivity index (χ4v) is 2.70. The number of aliphatic hydroxyl groups excluding tert-OH is 1. The number of nitrogens with zero attached hydrogens (tertiary/aromatic N) is 1. The third kappa shape index (κ3) is 4.05. The fraction of sp³-hybridized carbons (Fsp3) is 0.647. The van der Waals surface area contributed by atoms with E-state index in [0.717, 1.165) is 26.1 Å². The first-order chi connectivity index (χ1) is 8.97. The third-order valence-electron chi connectivity index (χ3n) is 4.15. The molecule has 106 valence electrons. The van der Waals surface area contributed by atoms with Gasteiger partial charge in [0, 0.05) is 13.1 Å². The van der Waals surface area contributed by atoms with Crippen LogP contribution in [0.2, 0.25) is 0 Å². The molecule has 0 aromatic heterocycles. The van der Waals surface area contributed by atoms with Crippen molar-refractivity contribution >= 4 is 0 Å². The highest BCUT2D eigenvalue weighted by molar-refractivity contribution is 5.27. The van der Waals surface area contributed by atoms with Crippen molar-refractivity contribution < 1.29 is 5.11 Å². The first-order valence-corrected chi connectivity index (χ1v) is 7.44. The van der Waals surface area contributed by atoms with Gasteiger partial charge in [-0.05, 0) is 42.3 Å². The lowest BCUT2D eigenvalue weighted by Gasteiger charge is -2.28. The standard InChI is InChI=1S/C17H27NO/c1-17(2,3)16(19)10-12-18-11-6-9-14-7-4-5-8-15(14)13-18/h4-5,7-8,16,19H,6,9-13H2,1-3H3. The molecule has 1 aliphatic heterocycles. The Morgan fingerprint density at radius 3 is 2.58 bits per heavy atom. The molecular formula is C17H27NO. The maximum absolute atomic E-state index is 10.2. The van der Waals surface area contributed by atoms with Gasteiger partial charge in [-0.15, -0.1) is 0 Å². The van der Waals surface area contributed by atoms with Crippen LogP contribution in [0.4, 0.5) is 0 Å². The molecular weight excluding hydrogens is 234 g/mol. The second kappa shape index (κ2) is 6.06. The fourth-order valence-electron chi connectivity index (χ4n) is 2.70. The number of aliphatic hydroxyl groups is 1. The number of benzene rings is 1. The van der Waals surface area contributed by atoms with Gasteiger partial charge < -0.3 is 5.11 Å². The quantitative estimate of drug-likeness (QED) is 0.903. The van der Waals surface area contributed by atoms with Gasteiger partial charge in [-0.25, -0.2) is 0 Å². The van der Waals surface area contributed by atoms with E-state index in [1.807, 2.05) is 0 Å². The number of hydrogen-bond acceptors (Lipinski definition) is 2. The molecule has 1 N–H and O–H groups in total. The predicted molar refractivity (Wildman–Crippen MR) is 80.1 cm³/mol. The van der Waals surface area contributed by atoms with Crippen molar-refractivity contribution in [2.75, 3.05) is 13.1 Å². The molecule has 0 saturated carbocycles. The Balaban J connectivity index is 1.92. The van der Waals surface area contributed by atoms with Crippen LogP contribution in [-0.2, 0) is 13.0 Å². The smallest absolute Gasteiger partial charge is 0.0600 e. The molecule has 1 aromatic rings. The van der Waals surface area contributed by atoms with Crippen LogP contribution in [0.3, 0.4) is 0 Å². The van der Waals surface area contributed by atoms with Crippen LogP contribution >= 0.6 is 0 Å². The topological polar surface area (TPSA) is 23.5 Å². The van der Waals surface area contributed by atoms with Gasteiger partial charge in [0.05, 0.1) is 6.10 Å². The number of aryl methyl sites for hydroxylation is 1. The van der Waals surface area contributed by atoms with Crippen molar-refractivity contribution in [3.63, 3.8) is 0 Å². The molecule has 2 heteroatoms. The number of rotatable bonds is 3. The average Bonchev–Trinajstić information content (AvgIpc) is 2.56.